The van der Waals surface area contributed by atoms with Crippen LogP contribution in [0.5, 0.6) is 0 Å². The predicted molar refractivity (Wildman–Crippen MR) is 62.9 cm³/mol. The highest BCUT2D eigenvalue weighted by Gasteiger charge is 2.13. The van der Waals surface area contributed by atoms with Crippen molar-refractivity contribution in [1.82, 2.24) is 9.97 Å². The zero-order chi connectivity index (χ0) is 11.8. The van der Waals surface area contributed by atoms with Crippen LogP contribution in [0.25, 0.3) is 22.2 Å². The summed E-state index contributed by atoms with van der Waals surface area (Å²) in [6, 6.07) is 7.71. The first-order valence-corrected chi connectivity index (χ1v) is 5.00. The van der Waals surface area contributed by atoms with Gasteiger partial charge in [-0.3, -0.25) is 0 Å². The summed E-state index contributed by atoms with van der Waals surface area (Å²) in [5, 5.41) is 9.01. The van der Waals surface area contributed by atoms with Crippen LogP contribution >= 0.6 is 0 Å². The molecule has 0 saturated carbocycles. The van der Waals surface area contributed by atoms with Gasteiger partial charge in [0.1, 0.15) is 17.9 Å². The smallest absolute Gasteiger partial charge is 0.208 e. The third-order valence-electron chi connectivity index (χ3n) is 2.66. The fraction of sp³-hybridized carbons (Fsp3) is 0. The molecule has 0 saturated heterocycles. The van der Waals surface area contributed by atoms with E-state index in [4.69, 9.17) is 15.4 Å². The quantitative estimate of drug-likeness (QED) is 0.663. The molecule has 0 spiro atoms. The molecule has 1 aromatic carbocycles. The van der Waals surface area contributed by atoms with Gasteiger partial charge in [-0.2, -0.15) is 5.26 Å². The number of nitrogens with zero attached hydrogens (tertiary/aromatic N) is 2. The Kier molecular flexibility index (Phi) is 1.89. The second kappa shape index (κ2) is 3.39. The first kappa shape index (κ1) is 9.48. The van der Waals surface area contributed by atoms with E-state index in [2.05, 4.69) is 9.97 Å². The Labute approximate surface area is 96.5 Å². The van der Waals surface area contributed by atoms with E-state index in [1.165, 1.54) is 6.26 Å². The molecule has 0 aliphatic carbocycles. The summed E-state index contributed by atoms with van der Waals surface area (Å²) in [4.78, 5) is 7.15. The second-order valence-electron chi connectivity index (χ2n) is 3.63. The van der Waals surface area contributed by atoms with Gasteiger partial charge in [0.25, 0.3) is 0 Å². The third kappa shape index (κ3) is 1.35. The zero-order valence-electron chi connectivity index (χ0n) is 8.77. The topological polar surface area (TPSA) is 91.6 Å². The van der Waals surface area contributed by atoms with Crippen LogP contribution in [0.4, 0.5) is 5.88 Å². The summed E-state index contributed by atoms with van der Waals surface area (Å²) in [6.45, 7) is 0. The Hall–Kier alpha value is -2.74. The minimum atomic E-state index is 0.146. The number of aromatic amines is 1. The molecule has 2 heterocycles. The van der Waals surface area contributed by atoms with Gasteiger partial charge in [-0.05, 0) is 17.7 Å². The van der Waals surface area contributed by atoms with E-state index < -0.39 is 0 Å². The largest absolute Gasteiger partial charge is 0.447 e. The van der Waals surface area contributed by atoms with E-state index in [0.29, 0.717) is 11.1 Å². The van der Waals surface area contributed by atoms with Crippen molar-refractivity contribution in [2.75, 3.05) is 5.73 Å². The average Bonchev–Trinajstić information content (AvgIpc) is 2.93. The van der Waals surface area contributed by atoms with E-state index in [1.807, 2.05) is 24.3 Å². The number of nitrogens with two attached hydrogens (primary N) is 1. The fourth-order valence-electron chi connectivity index (χ4n) is 1.80. The number of hydrogen-bond acceptors (Lipinski definition) is 4. The zero-order valence-corrected chi connectivity index (χ0v) is 8.77. The summed E-state index contributed by atoms with van der Waals surface area (Å²) in [5.74, 6) is 0.146. The van der Waals surface area contributed by atoms with Gasteiger partial charge in [0, 0.05) is 5.56 Å². The highest BCUT2D eigenvalue weighted by molar-refractivity contribution is 5.84. The Morgan fingerprint density at radius 3 is 3.12 bits per heavy atom. The van der Waals surface area contributed by atoms with Crippen molar-refractivity contribution in [3.05, 3.63) is 36.4 Å². The van der Waals surface area contributed by atoms with Gasteiger partial charge in [0.15, 0.2) is 0 Å². The number of H-pyrrole nitrogens is 1. The van der Waals surface area contributed by atoms with Gasteiger partial charge >= 0.3 is 0 Å². The first-order chi connectivity index (χ1) is 8.29. The molecule has 0 fully saturated rings. The van der Waals surface area contributed by atoms with Crippen LogP contribution in [-0.2, 0) is 0 Å². The SMILES string of the molecule is N#Cc1c(-c2ccc3nc[nH]c3c2)coc1N. The number of nitriles is 1. The van der Waals surface area contributed by atoms with Gasteiger partial charge in [0.05, 0.1) is 17.4 Å². The van der Waals surface area contributed by atoms with Crippen molar-refractivity contribution in [2.45, 2.75) is 0 Å². The molecule has 0 amide bonds. The number of hydrogen-bond donors (Lipinski definition) is 2. The molecule has 3 N–H and O–H groups in total. The van der Waals surface area contributed by atoms with Crippen LogP contribution in [0.3, 0.4) is 0 Å². The Morgan fingerprint density at radius 2 is 2.29 bits per heavy atom. The summed E-state index contributed by atoms with van der Waals surface area (Å²) in [7, 11) is 0. The lowest BCUT2D eigenvalue weighted by Gasteiger charge is -1.97. The van der Waals surface area contributed by atoms with Crippen LogP contribution in [0, 0.1) is 11.3 Å². The molecule has 0 unspecified atom stereocenters. The standard InChI is InChI=1S/C12H8N4O/c13-4-8-9(5-17-12(8)14)7-1-2-10-11(3-7)16-6-15-10/h1-3,5-6H,14H2,(H,15,16). The molecule has 82 valence electrons. The normalized spacial score (nSPS) is 10.5. The van der Waals surface area contributed by atoms with Crippen molar-refractivity contribution in [3.63, 3.8) is 0 Å². The lowest BCUT2D eigenvalue weighted by atomic mass is 10.0. The number of nitrogen functional groups attached to an aromatic ring is 1. The van der Waals surface area contributed by atoms with Crippen LogP contribution in [0.2, 0.25) is 0 Å². The molecular formula is C12H8N4O. The maximum absolute atomic E-state index is 9.01. The lowest BCUT2D eigenvalue weighted by Crippen LogP contribution is -1.86. The van der Waals surface area contributed by atoms with E-state index in [-0.39, 0.29) is 5.88 Å². The van der Waals surface area contributed by atoms with Crippen LogP contribution in [0.15, 0.2) is 35.2 Å². The molecule has 3 rings (SSSR count). The molecule has 0 radical (unpaired) electrons. The molecule has 5 nitrogen and oxygen atoms in total. The number of anilines is 1. The van der Waals surface area contributed by atoms with E-state index in [1.54, 1.807) is 6.33 Å². The molecule has 0 atom stereocenters. The van der Waals surface area contributed by atoms with E-state index >= 15 is 0 Å². The van der Waals surface area contributed by atoms with Crippen molar-refractivity contribution < 1.29 is 4.42 Å². The van der Waals surface area contributed by atoms with Crippen LogP contribution in [-0.4, -0.2) is 9.97 Å². The monoisotopic (exact) mass is 224 g/mol. The summed E-state index contributed by atoms with van der Waals surface area (Å²) < 4.78 is 5.06. The summed E-state index contributed by atoms with van der Waals surface area (Å²) in [5.41, 5.74) is 9.29. The number of aromatic nitrogens is 2. The molecular weight excluding hydrogens is 216 g/mol. The highest BCUT2D eigenvalue weighted by atomic mass is 16.3. The molecule has 0 aliphatic heterocycles. The molecule has 0 aliphatic rings. The number of nitrogens with one attached hydrogen (secondary N) is 1. The highest BCUT2D eigenvalue weighted by Crippen LogP contribution is 2.30. The summed E-state index contributed by atoms with van der Waals surface area (Å²) in [6.07, 6.45) is 3.12. The minimum Gasteiger partial charge on any atom is -0.447 e. The molecule has 5 heteroatoms. The fourth-order valence-corrected chi connectivity index (χ4v) is 1.80. The average molecular weight is 224 g/mol. The molecule has 17 heavy (non-hydrogen) atoms. The minimum absolute atomic E-state index is 0.146. The van der Waals surface area contributed by atoms with Crippen LogP contribution in [0.1, 0.15) is 5.56 Å². The Balaban J connectivity index is 2.23. The molecule has 2 aromatic heterocycles. The van der Waals surface area contributed by atoms with Crippen molar-refractivity contribution in [3.8, 4) is 17.2 Å². The lowest BCUT2D eigenvalue weighted by molar-refractivity contribution is 0.588. The third-order valence-corrected chi connectivity index (χ3v) is 2.66. The first-order valence-electron chi connectivity index (χ1n) is 5.00. The second-order valence-corrected chi connectivity index (χ2v) is 3.63. The Bertz CT molecular complexity index is 732. The van der Waals surface area contributed by atoms with Gasteiger partial charge < -0.3 is 15.1 Å². The number of fused-ring (bicyclic) bond motifs is 1. The number of rotatable bonds is 1. The maximum atomic E-state index is 9.01. The predicted octanol–water partition coefficient (Wildman–Crippen LogP) is 2.28. The maximum Gasteiger partial charge on any atom is 0.208 e. The van der Waals surface area contributed by atoms with Gasteiger partial charge in [0.2, 0.25) is 5.88 Å². The summed E-state index contributed by atoms with van der Waals surface area (Å²) >= 11 is 0. The van der Waals surface area contributed by atoms with E-state index in [0.717, 1.165) is 16.6 Å². The van der Waals surface area contributed by atoms with Gasteiger partial charge in [-0.25, -0.2) is 4.98 Å². The number of benzene rings is 1. The van der Waals surface area contributed by atoms with E-state index in [9.17, 15) is 0 Å². The molecule has 0 bridgehead atoms. The van der Waals surface area contributed by atoms with Crippen molar-refractivity contribution >= 4 is 16.9 Å². The molecule has 3 aromatic rings. The van der Waals surface area contributed by atoms with Crippen LogP contribution < -0.4 is 5.73 Å². The van der Waals surface area contributed by atoms with Gasteiger partial charge in [-0.15, -0.1) is 0 Å². The van der Waals surface area contributed by atoms with Gasteiger partial charge in [-0.1, -0.05) is 6.07 Å². The number of imidazole rings is 1. The van der Waals surface area contributed by atoms with Crippen molar-refractivity contribution in [2.24, 2.45) is 0 Å². The van der Waals surface area contributed by atoms with Crippen molar-refractivity contribution in [1.29, 1.82) is 5.26 Å². The number of furan rings is 1. The Morgan fingerprint density at radius 1 is 1.41 bits per heavy atom.